The molecule has 0 bridgehead atoms. The molecule has 2 N–H and O–H groups in total. The Balaban J connectivity index is 1.49. The van der Waals surface area contributed by atoms with Crippen LogP contribution in [-0.4, -0.2) is 61.5 Å². The lowest BCUT2D eigenvalue weighted by atomic mass is 10.1. The van der Waals surface area contributed by atoms with E-state index < -0.39 is 34.3 Å². The number of carbonyl (C=O) groups is 3. The molecular formula is C18H24N4O5S. The Bertz CT molecular complexity index is 880. The van der Waals surface area contributed by atoms with E-state index in [0.717, 1.165) is 22.7 Å². The number of hydrazine groups is 1. The standard InChI is InChI=1S/C18H24N4O5S/c1-12-3-7-15(8-4-12)28(26,27)21(2)11-16(23)19-20-18(25)13-9-17(24)22(10-13)14-5-6-14/h3-4,7-8,13-14H,5-6,9-11H2,1-2H3,(H,19,23)(H,20,25)/t13-/m0/s1. The normalized spacial score (nSPS) is 19.8. The number of hydrogen-bond donors (Lipinski definition) is 2. The lowest BCUT2D eigenvalue weighted by Gasteiger charge is -2.18. The van der Waals surface area contributed by atoms with Crippen LogP contribution in [0.3, 0.4) is 0 Å². The van der Waals surface area contributed by atoms with Gasteiger partial charge in [0.2, 0.25) is 21.8 Å². The summed E-state index contributed by atoms with van der Waals surface area (Å²) in [6.45, 7) is 1.75. The first-order valence-corrected chi connectivity index (χ1v) is 10.5. The van der Waals surface area contributed by atoms with Crippen LogP contribution < -0.4 is 10.9 Å². The van der Waals surface area contributed by atoms with Crippen molar-refractivity contribution in [3.05, 3.63) is 29.8 Å². The SMILES string of the molecule is Cc1ccc(S(=O)(=O)N(C)CC(=O)NNC(=O)[C@H]2CC(=O)N(C3CC3)C2)cc1. The lowest BCUT2D eigenvalue weighted by molar-refractivity contribution is -0.131. The largest absolute Gasteiger partial charge is 0.339 e. The van der Waals surface area contributed by atoms with Crippen LogP contribution in [0.5, 0.6) is 0 Å². The third-order valence-corrected chi connectivity index (χ3v) is 6.76. The number of benzene rings is 1. The molecule has 3 rings (SSSR count). The average molecular weight is 408 g/mol. The summed E-state index contributed by atoms with van der Waals surface area (Å²) in [5, 5.41) is 0. The number of carbonyl (C=O) groups excluding carboxylic acids is 3. The molecule has 10 heteroatoms. The number of likely N-dealkylation sites (N-methyl/N-ethyl adjacent to an activating group) is 1. The van der Waals surface area contributed by atoms with E-state index in [1.807, 2.05) is 6.92 Å². The molecule has 2 aliphatic rings. The highest BCUT2D eigenvalue weighted by Crippen LogP contribution is 2.32. The molecule has 1 aromatic rings. The predicted octanol–water partition coefficient (Wildman–Crippen LogP) is -0.226. The van der Waals surface area contributed by atoms with Gasteiger partial charge >= 0.3 is 0 Å². The first-order chi connectivity index (χ1) is 13.2. The summed E-state index contributed by atoms with van der Waals surface area (Å²) in [7, 11) is -2.52. The van der Waals surface area contributed by atoms with E-state index in [1.54, 1.807) is 17.0 Å². The Morgan fingerprint density at radius 1 is 1.18 bits per heavy atom. The van der Waals surface area contributed by atoms with Gasteiger partial charge < -0.3 is 4.90 Å². The van der Waals surface area contributed by atoms with E-state index in [-0.39, 0.29) is 23.3 Å². The first-order valence-electron chi connectivity index (χ1n) is 9.09. The Morgan fingerprint density at radius 3 is 2.43 bits per heavy atom. The van der Waals surface area contributed by atoms with Gasteiger partial charge in [0.05, 0.1) is 17.4 Å². The quantitative estimate of drug-likeness (QED) is 0.631. The molecule has 9 nitrogen and oxygen atoms in total. The maximum absolute atomic E-state index is 12.5. The van der Waals surface area contributed by atoms with E-state index in [2.05, 4.69) is 10.9 Å². The minimum atomic E-state index is -3.81. The predicted molar refractivity (Wildman–Crippen MR) is 100 cm³/mol. The number of sulfonamides is 1. The number of rotatable bonds is 6. The second-order valence-electron chi connectivity index (χ2n) is 7.29. The second-order valence-corrected chi connectivity index (χ2v) is 9.33. The fourth-order valence-electron chi connectivity index (χ4n) is 3.10. The Morgan fingerprint density at radius 2 is 1.82 bits per heavy atom. The summed E-state index contributed by atoms with van der Waals surface area (Å²) < 4.78 is 25.9. The smallest absolute Gasteiger partial charge is 0.253 e. The Hall–Kier alpha value is -2.46. The fourth-order valence-corrected chi connectivity index (χ4v) is 4.22. The summed E-state index contributed by atoms with van der Waals surface area (Å²) in [6.07, 6.45) is 2.07. The van der Waals surface area contributed by atoms with Gasteiger partial charge in [0.15, 0.2) is 0 Å². The van der Waals surface area contributed by atoms with Crippen LogP contribution in [-0.2, 0) is 24.4 Å². The van der Waals surface area contributed by atoms with E-state index in [1.165, 1.54) is 19.2 Å². The molecule has 0 spiro atoms. The first kappa shape index (κ1) is 20.3. The van der Waals surface area contributed by atoms with Crippen molar-refractivity contribution in [2.45, 2.75) is 37.1 Å². The maximum atomic E-state index is 12.5. The van der Waals surface area contributed by atoms with Gasteiger partial charge in [-0.2, -0.15) is 4.31 Å². The molecule has 28 heavy (non-hydrogen) atoms. The molecule has 1 atom stereocenters. The van der Waals surface area contributed by atoms with Crippen LogP contribution in [0.15, 0.2) is 29.2 Å². The Kier molecular flexibility index (Phi) is 5.71. The van der Waals surface area contributed by atoms with Crippen molar-refractivity contribution in [1.29, 1.82) is 0 Å². The molecule has 1 saturated heterocycles. The zero-order chi connectivity index (χ0) is 20.5. The van der Waals surface area contributed by atoms with Gasteiger partial charge in [0.1, 0.15) is 0 Å². The minimum Gasteiger partial charge on any atom is -0.339 e. The molecule has 152 valence electrons. The van der Waals surface area contributed by atoms with Gasteiger partial charge in [-0.3, -0.25) is 25.2 Å². The molecule has 0 radical (unpaired) electrons. The van der Waals surface area contributed by atoms with Gasteiger partial charge in [-0.05, 0) is 31.9 Å². The molecule has 0 unspecified atom stereocenters. The van der Waals surface area contributed by atoms with E-state index in [4.69, 9.17) is 0 Å². The van der Waals surface area contributed by atoms with Crippen molar-refractivity contribution in [3.63, 3.8) is 0 Å². The molecule has 2 fully saturated rings. The topological polar surface area (TPSA) is 116 Å². The van der Waals surface area contributed by atoms with Gasteiger partial charge in [-0.15, -0.1) is 0 Å². The van der Waals surface area contributed by atoms with Crippen LogP contribution in [0.2, 0.25) is 0 Å². The molecule has 1 saturated carbocycles. The summed E-state index contributed by atoms with van der Waals surface area (Å²) in [5.74, 6) is -1.68. The minimum absolute atomic E-state index is 0.0436. The Labute approximate surface area is 164 Å². The monoisotopic (exact) mass is 408 g/mol. The van der Waals surface area contributed by atoms with Crippen molar-refractivity contribution in [2.75, 3.05) is 20.1 Å². The van der Waals surface area contributed by atoms with Crippen molar-refractivity contribution < 1.29 is 22.8 Å². The fraction of sp³-hybridized carbons (Fsp3) is 0.500. The number of nitrogens with one attached hydrogen (secondary N) is 2. The van der Waals surface area contributed by atoms with Crippen molar-refractivity contribution in [2.24, 2.45) is 5.92 Å². The van der Waals surface area contributed by atoms with E-state index in [9.17, 15) is 22.8 Å². The molecule has 1 heterocycles. The maximum Gasteiger partial charge on any atom is 0.253 e. The molecule has 1 aliphatic heterocycles. The molecule has 3 amide bonds. The number of amides is 3. The highest BCUT2D eigenvalue weighted by Gasteiger charge is 2.41. The second kappa shape index (κ2) is 7.88. The van der Waals surface area contributed by atoms with Crippen LogP contribution in [0.4, 0.5) is 0 Å². The lowest BCUT2D eigenvalue weighted by Crippen LogP contribution is -2.48. The average Bonchev–Trinajstić information content (AvgIpc) is 3.41. The van der Waals surface area contributed by atoms with E-state index >= 15 is 0 Å². The van der Waals surface area contributed by atoms with Crippen LogP contribution in [0.25, 0.3) is 0 Å². The summed E-state index contributed by atoms with van der Waals surface area (Å²) in [4.78, 5) is 37.9. The highest BCUT2D eigenvalue weighted by molar-refractivity contribution is 7.89. The number of hydrogen-bond acceptors (Lipinski definition) is 5. The summed E-state index contributed by atoms with van der Waals surface area (Å²) in [5.41, 5.74) is 5.44. The van der Waals surface area contributed by atoms with Crippen molar-refractivity contribution >= 4 is 27.7 Å². The van der Waals surface area contributed by atoms with Crippen LogP contribution >= 0.6 is 0 Å². The zero-order valence-electron chi connectivity index (χ0n) is 15.8. The molecule has 1 aliphatic carbocycles. The van der Waals surface area contributed by atoms with Crippen molar-refractivity contribution in [1.82, 2.24) is 20.1 Å². The summed E-state index contributed by atoms with van der Waals surface area (Å²) >= 11 is 0. The molecular weight excluding hydrogens is 384 g/mol. The zero-order valence-corrected chi connectivity index (χ0v) is 16.7. The molecule has 1 aromatic carbocycles. The van der Waals surface area contributed by atoms with Gasteiger partial charge in [0.25, 0.3) is 5.91 Å². The third-order valence-electron chi connectivity index (χ3n) is 4.94. The summed E-state index contributed by atoms with van der Waals surface area (Å²) in [6, 6.07) is 6.55. The van der Waals surface area contributed by atoms with Crippen molar-refractivity contribution in [3.8, 4) is 0 Å². The number of nitrogens with zero attached hydrogens (tertiary/aromatic N) is 2. The molecule has 0 aromatic heterocycles. The van der Waals surface area contributed by atoms with Crippen LogP contribution in [0, 0.1) is 12.8 Å². The number of aryl methyl sites for hydroxylation is 1. The third kappa shape index (κ3) is 4.50. The van der Waals surface area contributed by atoms with Gasteiger partial charge in [-0.25, -0.2) is 8.42 Å². The van der Waals surface area contributed by atoms with E-state index in [0.29, 0.717) is 6.54 Å². The number of likely N-dealkylation sites (tertiary alicyclic amines) is 1. The van der Waals surface area contributed by atoms with Crippen LogP contribution in [0.1, 0.15) is 24.8 Å². The highest BCUT2D eigenvalue weighted by atomic mass is 32.2. The van der Waals surface area contributed by atoms with Gasteiger partial charge in [0, 0.05) is 26.1 Å². The van der Waals surface area contributed by atoms with Gasteiger partial charge in [-0.1, -0.05) is 17.7 Å².